The van der Waals surface area contributed by atoms with Gasteiger partial charge in [-0.25, -0.2) is 4.98 Å². The molecule has 0 atom stereocenters. The summed E-state index contributed by atoms with van der Waals surface area (Å²) >= 11 is 0. The molecule has 4 heterocycles. The van der Waals surface area contributed by atoms with Gasteiger partial charge in [0, 0.05) is 54.8 Å². The van der Waals surface area contributed by atoms with E-state index in [1.807, 2.05) is 0 Å². The highest BCUT2D eigenvalue weighted by atomic mass is 15.2. The van der Waals surface area contributed by atoms with Crippen molar-refractivity contribution in [2.75, 3.05) is 0 Å². The van der Waals surface area contributed by atoms with Gasteiger partial charge in [-0.3, -0.25) is 4.57 Å². The Morgan fingerprint density at radius 3 is 1.26 bits per heavy atom. The predicted molar refractivity (Wildman–Crippen MR) is 234 cm³/mol. The fourth-order valence-electron chi connectivity index (χ4n) is 6.74. The number of rotatable bonds is 5. The van der Waals surface area contributed by atoms with Crippen LogP contribution in [0, 0.1) is 0 Å². The van der Waals surface area contributed by atoms with E-state index in [9.17, 15) is 12.3 Å². The van der Waals surface area contributed by atoms with Crippen molar-refractivity contribution in [3.05, 3.63) is 193 Å². The van der Waals surface area contributed by atoms with Crippen molar-refractivity contribution in [2.45, 2.75) is 0 Å². The second kappa shape index (κ2) is 12.3. The minimum Gasteiger partial charge on any atom is -0.309 e. The molecule has 6 heteroatoms. The molecule has 0 radical (unpaired) electrons. The topological polar surface area (TPSA) is 53.5 Å². The highest BCUT2D eigenvalue weighted by Crippen LogP contribution is 2.40. The Morgan fingerprint density at radius 1 is 0.298 bits per heavy atom. The number of aromatic nitrogens is 6. The molecule has 0 N–H and O–H groups in total. The van der Waals surface area contributed by atoms with Crippen LogP contribution in [0.25, 0.3) is 106 Å². The first-order chi connectivity index (χ1) is 41.6. The van der Waals surface area contributed by atoms with E-state index < -0.39 is 299 Å². The lowest BCUT2D eigenvalue weighted by molar-refractivity contribution is 0.954. The number of hydrogen-bond donors (Lipinski definition) is 0. The summed E-state index contributed by atoms with van der Waals surface area (Å²) in [6.45, 7) is 0. The molecule has 6 nitrogen and oxygen atoms in total. The van der Waals surface area contributed by atoms with E-state index in [0.717, 1.165) is 4.57 Å². The van der Waals surface area contributed by atoms with Crippen molar-refractivity contribution < 1.29 is 43.9 Å². The van der Waals surface area contributed by atoms with Gasteiger partial charge in [-0.15, -0.1) is 0 Å². The highest BCUT2D eigenvalue weighted by Gasteiger charge is 2.22. The van der Waals surface area contributed by atoms with Crippen molar-refractivity contribution >= 4 is 65.4 Å². The van der Waals surface area contributed by atoms with Crippen molar-refractivity contribution in [3.8, 4) is 40.1 Å². The van der Waals surface area contributed by atoms with E-state index in [4.69, 9.17) is 31.5 Å². The first-order valence-corrected chi connectivity index (χ1v) is 16.6. The average Bonchev–Trinajstić information content (AvgIpc) is 1.53. The monoisotopic (exact) mass is 760 g/mol. The average molecular weight is 761 g/mol. The molecule has 0 saturated carbocycles. The molecule has 0 aliphatic heterocycles. The number of para-hydroxylation sites is 5. The first-order valence-electron chi connectivity index (χ1n) is 32.6. The number of fused-ring (bicyclic) bond motifs is 9. The Balaban J connectivity index is 1.35. The van der Waals surface area contributed by atoms with E-state index in [1.54, 1.807) is 0 Å². The van der Waals surface area contributed by atoms with Gasteiger partial charge in [0.15, 0.2) is 11.6 Å². The normalized spacial score (nSPS) is 19.7. The van der Waals surface area contributed by atoms with Crippen LogP contribution in [0.1, 0.15) is 43.9 Å². The molecule has 0 fully saturated rings. The Hall–Kier alpha value is -7.83. The Labute approximate surface area is 372 Å². The van der Waals surface area contributed by atoms with Crippen LogP contribution in [0.3, 0.4) is 0 Å². The maximum absolute atomic E-state index is 10.2. The summed E-state index contributed by atoms with van der Waals surface area (Å²) in [6.07, 6.45) is 0. The van der Waals surface area contributed by atoms with Crippen LogP contribution < -0.4 is 0 Å². The Morgan fingerprint density at radius 2 is 0.702 bits per heavy atom. The van der Waals surface area contributed by atoms with Crippen molar-refractivity contribution in [1.82, 2.24) is 28.7 Å². The third-order valence-corrected chi connectivity index (χ3v) is 9.04. The van der Waals surface area contributed by atoms with Crippen LogP contribution in [0.15, 0.2) is 193 Å². The number of hydrogen-bond acceptors (Lipinski definition) is 3. The second-order valence-electron chi connectivity index (χ2n) is 12.1. The molecule has 0 bridgehead atoms. The second-order valence-corrected chi connectivity index (χ2v) is 12.1. The molecular formula is C51H32N6. The summed E-state index contributed by atoms with van der Waals surface area (Å²) in [6, 6.07) is -30.4. The molecule has 12 rings (SSSR count). The van der Waals surface area contributed by atoms with Crippen LogP contribution in [-0.4, -0.2) is 28.7 Å². The standard InChI is InChI=1S/C51H32N6/c1-4-16-33(17-5-1)49-52-50(34-28-29-40-37-22-10-13-25-43(37)55(46(40)30-34)35-18-6-2-7-19-35)54-51(53-49)57-45-27-15-12-24-39(45)42-31-47-41(32-48(42)57)38-23-11-14-26-44(38)56(47)36-20-8-3-9-21-36/h1-32H/i1D,2D,3D,4D,5D,6D,7D,8D,9D,10D,11D,12D,13D,14D,15D,16D,17D,18D,19D,20D,21D,22D,23D,24D,25D,26D,27D,28D,29D,30D,31D,32D. The molecule has 0 aliphatic rings. The molecule has 0 amide bonds. The summed E-state index contributed by atoms with van der Waals surface area (Å²) in [4.78, 5) is 13.5. The molecule has 266 valence electrons. The molecule has 12 aromatic rings. The van der Waals surface area contributed by atoms with Gasteiger partial charge < -0.3 is 9.13 Å². The molecule has 0 saturated heterocycles. The zero-order valence-corrected chi connectivity index (χ0v) is 28.2. The molecule has 0 unspecified atom stereocenters. The van der Waals surface area contributed by atoms with E-state index in [0.29, 0.717) is 9.13 Å². The maximum atomic E-state index is 10.2. The van der Waals surface area contributed by atoms with Crippen molar-refractivity contribution in [2.24, 2.45) is 0 Å². The molecule has 57 heavy (non-hydrogen) atoms. The van der Waals surface area contributed by atoms with Crippen molar-refractivity contribution in [1.29, 1.82) is 0 Å². The van der Waals surface area contributed by atoms with Gasteiger partial charge in [-0.1, -0.05) is 133 Å². The fourth-order valence-corrected chi connectivity index (χ4v) is 6.74. The molecular weight excluding hydrogens is 697 g/mol. The van der Waals surface area contributed by atoms with Gasteiger partial charge in [0.1, 0.15) is 0 Å². The molecule has 0 aliphatic carbocycles. The van der Waals surface area contributed by atoms with Crippen LogP contribution >= 0.6 is 0 Å². The van der Waals surface area contributed by atoms with E-state index in [1.165, 1.54) is 0 Å². The fraction of sp³-hybridized carbons (Fsp3) is 0. The minimum absolute atomic E-state index is 0.565. The van der Waals surface area contributed by atoms with Crippen LogP contribution in [0.2, 0.25) is 0 Å². The summed E-state index contributed by atoms with van der Waals surface area (Å²) in [5.74, 6) is -2.96. The van der Waals surface area contributed by atoms with E-state index >= 15 is 0 Å². The quantitative estimate of drug-likeness (QED) is 0.176. The largest absolute Gasteiger partial charge is 0.309 e. The number of nitrogens with zero attached hydrogens (tertiary/aromatic N) is 6. The zero-order chi connectivity index (χ0) is 65.3. The third-order valence-electron chi connectivity index (χ3n) is 9.04. The lowest BCUT2D eigenvalue weighted by Crippen LogP contribution is -2.06. The Kier molecular flexibility index (Phi) is 2.91. The summed E-state index contributed by atoms with van der Waals surface area (Å²) < 4.78 is 291. The summed E-state index contributed by atoms with van der Waals surface area (Å²) in [5.41, 5.74) is -7.46. The predicted octanol–water partition coefficient (Wildman–Crippen LogP) is 12.5. The SMILES string of the molecule is [2H]c1c([2H])c([2H])c(-c2nc(-c3c([2H])c([2H])c4c5c([2H])c([2H])c([2H])c([2H])c5n(-c5c([2H])c([2H])c([2H])c([2H])c5[2H])c4c3[2H])nc(-n3c4c([2H])c([2H])c([2H])c([2H])c4c4c([2H])c5c(c([2H])c43)c3c([2H])c([2H])c([2H])c([2H])c3n5-c3c([2H])c([2H])c([2H])c([2H])c3[2H])n2)c([2H])c1[2H]. The zero-order valence-electron chi connectivity index (χ0n) is 60.2. The lowest BCUT2D eigenvalue weighted by Gasteiger charge is -2.12. The van der Waals surface area contributed by atoms with Crippen LogP contribution in [0.4, 0.5) is 0 Å². The van der Waals surface area contributed by atoms with Gasteiger partial charge in [0.25, 0.3) is 0 Å². The van der Waals surface area contributed by atoms with Gasteiger partial charge in [0.2, 0.25) is 5.95 Å². The number of benzene rings is 8. The smallest absolute Gasteiger partial charge is 0.238 e. The van der Waals surface area contributed by atoms with Gasteiger partial charge in [-0.05, 0) is 60.4 Å². The van der Waals surface area contributed by atoms with E-state index in [-0.39, 0.29) is 0 Å². The molecule has 4 aromatic heterocycles. The lowest BCUT2D eigenvalue weighted by atomic mass is 10.1. The molecule has 8 aromatic carbocycles. The van der Waals surface area contributed by atoms with Gasteiger partial charge >= 0.3 is 0 Å². The van der Waals surface area contributed by atoms with E-state index in [2.05, 4.69) is 15.0 Å². The minimum atomic E-state index is -1.06. The molecule has 0 spiro atoms. The van der Waals surface area contributed by atoms with Gasteiger partial charge in [0.05, 0.1) is 77.0 Å². The van der Waals surface area contributed by atoms with Crippen LogP contribution in [-0.2, 0) is 0 Å². The first kappa shape index (κ1) is 13.4. The summed E-state index contributed by atoms with van der Waals surface area (Å²) in [5, 5.41) is -3.70. The van der Waals surface area contributed by atoms with Gasteiger partial charge in [-0.2, -0.15) is 9.97 Å². The summed E-state index contributed by atoms with van der Waals surface area (Å²) in [7, 11) is 0. The van der Waals surface area contributed by atoms with Crippen LogP contribution in [0.5, 0.6) is 0 Å². The van der Waals surface area contributed by atoms with Crippen molar-refractivity contribution in [3.63, 3.8) is 0 Å². The third kappa shape index (κ3) is 4.81. The maximum Gasteiger partial charge on any atom is 0.238 e. The Bertz CT molecular complexity index is 5330. The highest BCUT2D eigenvalue weighted by molar-refractivity contribution is 6.19.